The van der Waals surface area contributed by atoms with Crippen LogP contribution in [0.1, 0.15) is 245 Å². The first kappa shape index (κ1) is 62.3. The Morgan fingerprint density at radius 2 is 0.591 bits per heavy atom. The molecule has 6 heteroatoms. The molecule has 0 aromatic heterocycles. The molecule has 0 unspecified atom stereocenters. The van der Waals surface area contributed by atoms with Gasteiger partial charge < -0.3 is 14.2 Å². The average molecular weight is 917 g/mol. The summed E-state index contributed by atoms with van der Waals surface area (Å²) < 4.78 is 16.8. The number of esters is 3. The van der Waals surface area contributed by atoms with Crippen LogP contribution in [-0.4, -0.2) is 37.2 Å². The minimum Gasteiger partial charge on any atom is -0.462 e. The summed E-state index contributed by atoms with van der Waals surface area (Å²) in [7, 11) is 0. The Hall–Kier alpha value is -3.67. The second-order valence-corrected chi connectivity index (χ2v) is 17.7. The van der Waals surface area contributed by atoms with Crippen molar-refractivity contribution in [2.24, 2.45) is 0 Å². The third kappa shape index (κ3) is 51.3. The van der Waals surface area contributed by atoms with E-state index in [-0.39, 0.29) is 31.1 Å². The Morgan fingerprint density at radius 1 is 0.318 bits per heavy atom. The van der Waals surface area contributed by atoms with Gasteiger partial charge in [0.05, 0.1) is 0 Å². The first-order valence-corrected chi connectivity index (χ1v) is 27.2. The number of hydrogen-bond donors (Lipinski definition) is 0. The number of carbonyl (C=O) groups is 3. The number of allylic oxidation sites excluding steroid dienone is 16. The van der Waals surface area contributed by atoms with Crippen molar-refractivity contribution in [2.75, 3.05) is 13.2 Å². The van der Waals surface area contributed by atoms with Crippen LogP contribution in [0, 0.1) is 0 Å². The van der Waals surface area contributed by atoms with E-state index in [1.165, 1.54) is 70.6 Å². The van der Waals surface area contributed by atoms with E-state index in [9.17, 15) is 14.4 Å². The molecule has 0 radical (unpaired) electrons. The van der Waals surface area contributed by atoms with Crippen LogP contribution < -0.4 is 0 Å². The van der Waals surface area contributed by atoms with Crippen molar-refractivity contribution in [3.63, 3.8) is 0 Å². The van der Waals surface area contributed by atoms with Gasteiger partial charge in [-0.3, -0.25) is 14.4 Å². The predicted octanol–water partition coefficient (Wildman–Crippen LogP) is 18.1. The summed E-state index contributed by atoms with van der Waals surface area (Å²) in [5, 5.41) is 0. The van der Waals surface area contributed by atoms with Crippen molar-refractivity contribution in [1.82, 2.24) is 0 Å². The monoisotopic (exact) mass is 917 g/mol. The molecule has 6 nitrogen and oxygen atoms in total. The van der Waals surface area contributed by atoms with Crippen molar-refractivity contribution < 1.29 is 28.6 Å². The lowest BCUT2D eigenvalue weighted by Gasteiger charge is -2.18. The van der Waals surface area contributed by atoms with Crippen LogP contribution >= 0.6 is 0 Å². The third-order valence-electron chi connectivity index (χ3n) is 11.3. The van der Waals surface area contributed by atoms with Gasteiger partial charge in [-0.2, -0.15) is 0 Å². The zero-order valence-corrected chi connectivity index (χ0v) is 42.9. The van der Waals surface area contributed by atoms with E-state index in [0.29, 0.717) is 19.3 Å². The molecule has 0 saturated carbocycles. The van der Waals surface area contributed by atoms with Gasteiger partial charge in [-0.15, -0.1) is 0 Å². The van der Waals surface area contributed by atoms with E-state index in [2.05, 4.69) is 118 Å². The van der Waals surface area contributed by atoms with Gasteiger partial charge in [0.1, 0.15) is 13.2 Å². The van der Waals surface area contributed by atoms with E-state index in [4.69, 9.17) is 14.2 Å². The minimum atomic E-state index is -0.803. The first-order valence-electron chi connectivity index (χ1n) is 27.2. The van der Waals surface area contributed by atoms with Crippen LogP contribution in [0.15, 0.2) is 97.2 Å². The van der Waals surface area contributed by atoms with Crippen molar-refractivity contribution in [1.29, 1.82) is 0 Å². The molecule has 0 rings (SSSR count). The quantitative estimate of drug-likeness (QED) is 0.0262. The van der Waals surface area contributed by atoms with Crippen LogP contribution in [-0.2, 0) is 28.6 Å². The number of unbranched alkanes of at least 4 members (excludes halogenated alkanes) is 21. The maximum absolute atomic E-state index is 12.8. The molecule has 0 bridgehead atoms. The summed E-state index contributed by atoms with van der Waals surface area (Å²) in [6, 6.07) is 0. The Labute approximate surface area is 407 Å². The molecule has 0 aromatic rings. The maximum Gasteiger partial charge on any atom is 0.306 e. The summed E-state index contributed by atoms with van der Waals surface area (Å²) in [5.74, 6) is -0.955. The van der Waals surface area contributed by atoms with Gasteiger partial charge in [-0.1, -0.05) is 201 Å². The van der Waals surface area contributed by atoms with Gasteiger partial charge in [0, 0.05) is 19.3 Å². The van der Waals surface area contributed by atoms with Crippen molar-refractivity contribution >= 4 is 17.9 Å². The molecule has 66 heavy (non-hydrogen) atoms. The topological polar surface area (TPSA) is 78.9 Å². The van der Waals surface area contributed by atoms with E-state index in [0.717, 1.165) is 135 Å². The summed E-state index contributed by atoms with van der Waals surface area (Å²) in [6.45, 7) is 6.44. The standard InChI is InChI=1S/C60H100O6/c1-4-7-10-13-16-19-22-25-28-29-30-31-33-35-38-41-44-47-50-53-59(62)65-56-57(55-64-58(61)52-49-46-43-40-37-34-27-24-21-18-15-12-9-6-3)66-60(63)54-51-48-45-42-39-36-32-26-23-20-17-14-11-8-5-2/h7,10,16-17,19-20,24-28,30-32,35,38,57H,4-6,8-9,11-15,18,21-23,29,33-34,36-37,39-56H2,1-3H3/b10-7-,19-16-,20-17-,27-24-,28-25-,31-30-,32-26-,38-35-/t57-/m1/s1. The van der Waals surface area contributed by atoms with Gasteiger partial charge in [0.2, 0.25) is 0 Å². The van der Waals surface area contributed by atoms with Crippen molar-refractivity contribution in [3.8, 4) is 0 Å². The number of ether oxygens (including phenoxy) is 3. The fraction of sp³-hybridized carbons (Fsp3) is 0.683. The third-order valence-corrected chi connectivity index (χ3v) is 11.3. The van der Waals surface area contributed by atoms with Gasteiger partial charge in [0.15, 0.2) is 6.10 Å². The lowest BCUT2D eigenvalue weighted by atomic mass is 10.1. The highest BCUT2D eigenvalue weighted by Gasteiger charge is 2.19. The lowest BCUT2D eigenvalue weighted by Crippen LogP contribution is -2.30. The summed E-state index contributed by atoms with van der Waals surface area (Å²) in [5.41, 5.74) is 0. The van der Waals surface area contributed by atoms with Crippen molar-refractivity contribution in [3.05, 3.63) is 97.2 Å². The average Bonchev–Trinajstić information content (AvgIpc) is 3.31. The molecule has 0 amide bonds. The zero-order valence-electron chi connectivity index (χ0n) is 42.9. The smallest absolute Gasteiger partial charge is 0.306 e. The molecule has 1 atom stereocenters. The Kier molecular flexibility index (Phi) is 50.9. The highest BCUT2D eigenvalue weighted by atomic mass is 16.6. The second kappa shape index (κ2) is 53.9. The molecule has 0 aliphatic heterocycles. The molecule has 376 valence electrons. The predicted molar refractivity (Wildman–Crippen MR) is 284 cm³/mol. The van der Waals surface area contributed by atoms with Crippen molar-refractivity contribution in [2.45, 2.75) is 252 Å². The van der Waals surface area contributed by atoms with E-state index >= 15 is 0 Å². The van der Waals surface area contributed by atoms with Crippen LogP contribution in [0.25, 0.3) is 0 Å². The first-order chi connectivity index (χ1) is 32.5. The maximum atomic E-state index is 12.8. The van der Waals surface area contributed by atoms with Gasteiger partial charge >= 0.3 is 17.9 Å². The fourth-order valence-electron chi connectivity index (χ4n) is 7.20. The van der Waals surface area contributed by atoms with Crippen LogP contribution in [0.2, 0.25) is 0 Å². The molecule has 0 N–H and O–H groups in total. The van der Waals surface area contributed by atoms with E-state index in [1.54, 1.807) is 0 Å². The molecule has 0 spiro atoms. The van der Waals surface area contributed by atoms with E-state index < -0.39 is 6.10 Å². The minimum absolute atomic E-state index is 0.0990. The Bertz CT molecular complexity index is 1330. The summed E-state index contributed by atoms with van der Waals surface area (Å²) in [4.78, 5) is 38.1. The fourth-order valence-corrected chi connectivity index (χ4v) is 7.20. The molecular formula is C60H100O6. The molecular weight excluding hydrogens is 817 g/mol. The summed E-state index contributed by atoms with van der Waals surface area (Å²) >= 11 is 0. The van der Waals surface area contributed by atoms with E-state index in [1.807, 2.05) is 0 Å². The molecule has 0 saturated heterocycles. The molecule has 0 fully saturated rings. The van der Waals surface area contributed by atoms with Crippen LogP contribution in [0.5, 0.6) is 0 Å². The zero-order chi connectivity index (χ0) is 47.9. The summed E-state index contributed by atoms with van der Waals surface area (Å²) in [6.07, 6.45) is 71.0. The largest absolute Gasteiger partial charge is 0.462 e. The normalized spacial score (nSPS) is 12.8. The molecule has 0 aliphatic rings. The Balaban J connectivity index is 4.49. The lowest BCUT2D eigenvalue weighted by molar-refractivity contribution is -0.167. The molecule has 0 aromatic carbocycles. The molecule has 0 aliphatic carbocycles. The molecule has 0 heterocycles. The van der Waals surface area contributed by atoms with Gasteiger partial charge in [-0.05, 0) is 122 Å². The number of hydrogen-bond acceptors (Lipinski definition) is 6. The van der Waals surface area contributed by atoms with Gasteiger partial charge in [-0.25, -0.2) is 0 Å². The van der Waals surface area contributed by atoms with Gasteiger partial charge in [0.25, 0.3) is 0 Å². The SMILES string of the molecule is CC/C=C\C/C=C\C/C=C\C/C=C\C/C=C\CCCCCC(=O)OC[C@@H](COC(=O)CCCCCCC/C=C\CCCCCCC)OC(=O)CCCCCCC/C=C\C/C=C\CCCCC. The highest BCUT2D eigenvalue weighted by molar-refractivity contribution is 5.71. The number of rotatable bonds is 48. The Morgan fingerprint density at radius 3 is 0.985 bits per heavy atom. The number of carbonyl (C=O) groups excluding carboxylic acids is 3. The van der Waals surface area contributed by atoms with Crippen LogP contribution in [0.3, 0.4) is 0 Å². The second-order valence-electron chi connectivity index (χ2n) is 17.7. The van der Waals surface area contributed by atoms with Crippen LogP contribution in [0.4, 0.5) is 0 Å². The highest BCUT2D eigenvalue weighted by Crippen LogP contribution is 2.13.